The van der Waals surface area contributed by atoms with Gasteiger partial charge in [-0.25, -0.2) is 9.97 Å². The van der Waals surface area contributed by atoms with Gasteiger partial charge in [-0.15, -0.1) is 0 Å². The number of ether oxygens (including phenoxy) is 3. The Bertz CT molecular complexity index is 852. The summed E-state index contributed by atoms with van der Waals surface area (Å²) in [5, 5.41) is 0. The van der Waals surface area contributed by atoms with Gasteiger partial charge in [-0.05, 0) is 12.1 Å². The minimum Gasteiger partial charge on any atom is -0.497 e. The first-order valence-electron chi connectivity index (χ1n) is 8.88. The van der Waals surface area contributed by atoms with Crippen LogP contribution < -0.4 is 14.4 Å². The predicted molar refractivity (Wildman–Crippen MR) is 98.2 cm³/mol. The first-order chi connectivity index (χ1) is 13.2. The molecule has 1 fully saturated rings. The number of aromatic nitrogens is 2. The average Bonchev–Trinajstić information content (AvgIpc) is 3.16. The van der Waals surface area contributed by atoms with Gasteiger partial charge in [-0.1, -0.05) is 0 Å². The Kier molecular flexibility index (Phi) is 4.81. The number of amides is 1. The van der Waals surface area contributed by atoms with Crippen LogP contribution in [0.25, 0.3) is 0 Å². The van der Waals surface area contributed by atoms with Crippen LogP contribution in [0.2, 0.25) is 0 Å². The highest BCUT2D eigenvalue weighted by molar-refractivity contribution is 5.97. The number of fused-ring (bicyclic) bond motifs is 1. The maximum Gasteiger partial charge on any atom is 0.258 e. The van der Waals surface area contributed by atoms with Crippen molar-refractivity contribution in [2.75, 3.05) is 45.4 Å². The van der Waals surface area contributed by atoms with E-state index in [1.807, 2.05) is 6.20 Å². The van der Waals surface area contributed by atoms with E-state index in [1.165, 1.54) is 0 Å². The quantitative estimate of drug-likeness (QED) is 0.807. The molecule has 0 atom stereocenters. The van der Waals surface area contributed by atoms with Gasteiger partial charge >= 0.3 is 0 Å². The molecule has 1 saturated heterocycles. The van der Waals surface area contributed by atoms with E-state index in [4.69, 9.17) is 14.2 Å². The van der Waals surface area contributed by atoms with E-state index in [0.717, 1.165) is 24.3 Å². The molecule has 0 N–H and O–H groups in total. The van der Waals surface area contributed by atoms with Gasteiger partial charge in [0.05, 0.1) is 45.2 Å². The van der Waals surface area contributed by atoms with Crippen LogP contribution in [-0.2, 0) is 17.8 Å². The molecule has 1 aromatic carbocycles. The maximum absolute atomic E-state index is 13.0. The third kappa shape index (κ3) is 3.40. The molecule has 0 saturated carbocycles. The molecule has 1 amide bonds. The van der Waals surface area contributed by atoms with Crippen molar-refractivity contribution in [2.45, 2.75) is 13.1 Å². The number of carbonyl (C=O) groups is 1. The molecular weight excluding hydrogens is 348 g/mol. The number of hydrogen-bond donors (Lipinski definition) is 0. The second-order valence-corrected chi connectivity index (χ2v) is 6.47. The molecule has 27 heavy (non-hydrogen) atoms. The lowest BCUT2D eigenvalue weighted by molar-refractivity contribution is 0.0747. The maximum atomic E-state index is 13.0. The third-order valence-corrected chi connectivity index (χ3v) is 4.86. The zero-order valence-electron chi connectivity index (χ0n) is 15.5. The minimum absolute atomic E-state index is 0.0968. The second-order valence-electron chi connectivity index (χ2n) is 6.47. The highest BCUT2D eigenvalue weighted by Crippen LogP contribution is 2.29. The summed E-state index contributed by atoms with van der Waals surface area (Å²) in [6.07, 6.45) is 1.83. The Morgan fingerprint density at radius 3 is 2.70 bits per heavy atom. The number of rotatable bonds is 4. The number of anilines is 1. The lowest BCUT2D eigenvalue weighted by Gasteiger charge is -2.26. The fraction of sp³-hybridized carbons (Fsp3) is 0.421. The first kappa shape index (κ1) is 17.5. The number of nitrogens with zero attached hydrogens (tertiary/aromatic N) is 4. The van der Waals surface area contributed by atoms with E-state index in [9.17, 15) is 4.79 Å². The van der Waals surface area contributed by atoms with Crippen molar-refractivity contribution in [1.29, 1.82) is 0 Å². The Morgan fingerprint density at radius 2 is 1.96 bits per heavy atom. The van der Waals surface area contributed by atoms with E-state index in [1.54, 1.807) is 37.3 Å². The van der Waals surface area contributed by atoms with E-state index < -0.39 is 0 Å². The monoisotopic (exact) mass is 370 g/mol. The molecule has 2 aliphatic heterocycles. The van der Waals surface area contributed by atoms with Crippen LogP contribution in [0.1, 0.15) is 21.6 Å². The zero-order valence-corrected chi connectivity index (χ0v) is 15.5. The van der Waals surface area contributed by atoms with E-state index in [0.29, 0.717) is 49.3 Å². The second kappa shape index (κ2) is 7.40. The lowest BCUT2D eigenvalue weighted by atomic mass is 10.1. The standard InChI is InChI=1S/C19H22N4O4/c1-25-14-3-4-15(17(9-14)26-2)18(24)23-11-13-10-20-19(21-16(13)12-23)22-5-7-27-8-6-22/h3-4,9-10H,5-8,11-12H2,1-2H3. The molecular formula is C19H22N4O4. The van der Waals surface area contributed by atoms with Crippen LogP contribution in [0.15, 0.2) is 24.4 Å². The molecule has 0 bridgehead atoms. The average molecular weight is 370 g/mol. The van der Waals surface area contributed by atoms with E-state index >= 15 is 0 Å². The molecule has 0 unspecified atom stereocenters. The summed E-state index contributed by atoms with van der Waals surface area (Å²) in [6.45, 7) is 3.88. The van der Waals surface area contributed by atoms with Crippen LogP contribution in [0.5, 0.6) is 11.5 Å². The van der Waals surface area contributed by atoms with Crippen LogP contribution in [-0.4, -0.2) is 61.3 Å². The molecule has 0 aliphatic carbocycles. The molecule has 2 aliphatic rings. The van der Waals surface area contributed by atoms with E-state index in [-0.39, 0.29) is 5.91 Å². The topological polar surface area (TPSA) is 77.0 Å². The third-order valence-electron chi connectivity index (χ3n) is 4.86. The van der Waals surface area contributed by atoms with Crippen molar-refractivity contribution < 1.29 is 19.0 Å². The van der Waals surface area contributed by atoms with Crippen molar-refractivity contribution in [3.05, 3.63) is 41.2 Å². The summed E-state index contributed by atoms with van der Waals surface area (Å²) in [4.78, 5) is 26.0. The summed E-state index contributed by atoms with van der Waals surface area (Å²) < 4.78 is 16.0. The number of benzene rings is 1. The molecule has 142 valence electrons. The number of carbonyl (C=O) groups excluding carboxylic acids is 1. The smallest absolute Gasteiger partial charge is 0.258 e. The molecule has 4 rings (SSSR count). The van der Waals surface area contributed by atoms with Crippen LogP contribution in [0.4, 0.5) is 5.95 Å². The van der Waals surface area contributed by atoms with Crippen molar-refractivity contribution in [3.63, 3.8) is 0 Å². The van der Waals surface area contributed by atoms with Gasteiger partial charge in [0.2, 0.25) is 5.95 Å². The van der Waals surface area contributed by atoms with Gasteiger partial charge in [-0.2, -0.15) is 0 Å². The summed E-state index contributed by atoms with van der Waals surface area (Å²) >= 11 is 0. The van der Waals surface area contributed by atoms with Crippen LogP contribution in [0.3, 0.4) is 0 Å². The van der Waals surface area contributed by atoms with E-state index in [2.05, 4.69) is 14.9 Å². The zero-order chi connectivity index (χ0) is 18.8. The van der Waals surface area contributed by atoms with Gasteiger partial charge in [0.15, 0.2) is 0 Å². The van der Waals surface area contributed by atoms with Crippen molar-refractivity contribution in [1.82, 2.24) is 14.9 Å². The number of methoxy groups -OCH3 is 2. The SMILES string of the molecule is COc1ccc(C(=O)N2Cc3cnc(N4CCOCC4)nc3C2)c(OC)c1. The summed E-state index contributed by atoms with van der Waals surface area (Å²) in [6, 6.07) is 5.20. The van der Waals surface area contributed by atoms with Crippen molar-refractivity contribution >= 4 is 11.9 Å². The molecule has 2 aromatic rings. The summed E-state index contributed by atoms with van der Waals surface area (Å²) in [7, 11) is 3.13. The lowest BCUT2D eigenvalue weighted by Crippen LogP contribution is -2.37. The molecule has 8 heteroatoms. The summed E-state index contributed by atoms with van der Waals surface area (Å²) in [5.41, 5.74) is 2.38. The van der Waals surface area contributed by atoms with Crippen molar-refractivity contribution in [2.24, 2.45) is 0 Å². The fourth-order valence-electron chi connectivity index (χ4n) is 3.35. The van der Waals surface area contributed by atoms with Gasteiger partial charge in [0, 0.05) is 37.5 Å². The molecule has 0 radical (unpaired) electrons. The molecule has 0 spiro atoms. The Labute approximate surface area is 157 Å². The molecule has 3 heterocycles. The Balaban J connectivity index is 1.53. The van der Waals surface area contributed by atoms with Crippen molar-refractivity contribution in [3.8, 4) is 11.5 Å². The predicted octanol–water partition coefficient (Wildman–Crippen LogP) is 1.49. The Morgan fingerprint density at radius 1 is 1.15 bits per heavy atom. The summed E-state index contributed by atoms with van der Waals surface area (Å²) in [5.74, 6) is 1.75. The Hall–Kier alpha value is -2.87. The largest absolute Gasteiger partial charge is 0.497 e. The normalized spacial score (nSPS) is 16.2. The minimum atomic E-state index is -0.0968. The number of hydrogen-bond acceptors (Lipinski definition) is 7. The van der Waals surface area contributed by atoms with Crippen LogP contribution in [0, 0.1) is 0 Å². The number of morpholine rings is 1. The fourth-order valence-corrected chi connectivity index (χ4v) is 3.35. The van der Waals surface area contributed by atoms with Gasteiger partial charge < -0.3 is 24.0 Å². The highest BCUT2D eigenvalue weighted by atomic mass is 16.5. The van der Waals surface area contributed by atoms with Gasteiger partial charge in [0.1, 0.15) is 11.5 Å². The first-order valence-corrected chi connectivity index (χ1v) is 8.88. The highest BCUT2D eigenvalue weighted by Gasteiger charge is 2.28. The molecule has 1 aromatic heterocycles. The molecule has 8 nitrogen and oxygen atoms in total. The van der Waals surface area contributed by atoms with Gasteiger partial charge in [-0.3, -0.25) is 4.79 Å². The van der Waals surface area contributed by atoms with Gasteiger partial charge in [0.25, 0.3) is 5.91 Å². The van der Waals surface area contributed by atoms with Crippen LogP contribution >= 0.6 is 0 Å².